The lowest BCUT2D eigenvalue weighted by molar-refractivity contribution is -0.154. The fourth-order valence-electron chi connectivity index (χ4n) is 3.37. The second-order valence-electron chi connectivity index (χ2n) is 6.45. The van der Waals surface area contributed by atoms with Gasteiger partial charge in [0.05, 0.1) is 17.2 Å². The number of fused-ring (bicyclic) bond motifs is 1. The van der Waals surface area contributed by atoms with E-state index in [9.17, 15) is 24.3 Å². The van der Waals surface area contributed by atoms with E-state index in [1.807, 2.05) is 0 Å². The Morgan fingerprint density at radius 3 is 1.92 bits per heavy atom. The Labute approximate surface area is 147 Å². The third kappa shape index (κ3) is 2.33. The highest BCUT2D eigenvalue weighted by atomic mass is 16.6. The molecule has 2 aromatic rings. The van der Waals surface area contributed by atoms with Crippen molar-refractivity contribution in [2.24, 2.45) is 28.2 Å². The Morgan fingerprint density at radius 2 is 1.35 bits per heavy atom. The molecule has 0 radical (unpaired) electrons. The van der Waals surface area contributed by atoms with Crippen LogP contribution in [0.2, 0.25) is 0 Å². The maximum absolute atomic E-state index is 12.6. The molecule has 1 aliphatic heterocycles. The van der Waals surface area contributed by atoms with Gasteiger partial charge >= 0.3 is 11.4 Å². The summed E-state index contributed by atoms with van der Waals surface area (Å²) in [5, 5.41) is 10.4. The average molecular weight is 364 g/mol. The molecule has 2 unspecified atom stereocenters. The van der Waals surface area contributed by atoms with E-state index < -0.39 is 34.9 Å². The molecule has 3 rings (SSSR count). The summed E-state index contributed by atoms with van der Waals surface area (Å²) < 4.78 is 9.96. The molecular formula is C16H20N4O6. The van der Waals surface area contributed by atoms with Crippen molar-refractivity contribution in [3.05, 3.63) is 64.2 Å². The molecule has 1 aliphatic rings. The molecule has 2 atom stereocenters. The Balaban J connectivity index is 2.27. The van der Waals surface area contributed by atoms with Gasteiger partial charge in [0.1, 0.15) is 0 Å². The first-order valence-corrected chi connectivity index (χ1v) is 7.96. The average Bonchev–Trinajstić information content (AvgIpc) is 2.61. The predicted octanol–water partition coefficient (Wildman–Crippen LogP) is -1.91. The first-order chi connectivity index (χ1) is 12.1. The number of hydrogen-bond acceptors (Lipinski definition) is 6. The summed E-state index contributed by atoms with van der Waals surface area (Å²) in [6.45, 7) is 1.60. The lowest BCUT2D eigenvalue weighted by Gasteiger charge is -2.31. The first kappa shape index (κ1) is 18.1. The first-order valence-electron chi connectivity index (χ1n) is 7.96. The fourth-order valence-corrected chi connectivity index (χ4v) is 3.37. The minimum absolute atomic E-state index is 0.0230. The van der Waals surface area contributed by atoms with Crippen LogP contribution in [0.3, 0.4) is 0 Å². The molecule has 10 heteroatoms. The molecule has 0 spiro atoms. The van der Waals surface area contributed by atoms with Gasteiger partial charge in [0.15, 0.2) is 6.29 Å². The lowest BCUT2D eigenvalue weighted by Crippen LogP contribution is -2.46. The van der Waals surface area contributed by atoms with E-state index in [1.165, 1.54) is 37.3 Å². The van der Waals surface area contributed by atoms with Crippen LogP contribution in [0, 0.1) is 6.92 Å². The van der Waals surface area contributed by atoms with Crippen molar-refractivity contribution in [2.45, 2.75) is 25.7 Å². The molecule has 0 aliphatic carbocycles. The minimum atomic E-state index is -1.59. The third-order valence-electron chi connectivity index (χ3n) is 5.07. The maximum atomic E-state index is 12.6. The van der Waals surface area contributed by atoms with Crippen LogP contribution >= 0.6 is 0 Å². The number of aromatic nitrogens is 4. The van der Waals surface area contributed by atoms with Crippen molar-refractivity contribution >= 4 is 0 Å². The summed E-state index contributed by atoms with van der Waals surface area (Å²) in [4.78, 5) is 49.2. The quantitative estimate of drug-likeness (QED) is 0.631. The van der Waals surface area contributed by atoms with Gasteiger partial charge in [-0.25, -0.2) is 9.59 Å². The molecule has 0 fully saturated rings. The molecule has 0 amide bonds. The Kier molecular flexibility index (Phi) is 4.12. The highest BCUT2D eigenvalue weighted by Crippen LogP contribution is 2.33. The summed E-state index contributed by atoms with van der Waals surface area (Å²) in [7, 11) is 5.68. The van der Waals surface area contributed by atoms with E-state index in [0.717, 1.165) is 9.13 Å². The summed E-state index contributed by atoms with van der Waals surface area (Å²) in [6.07, 6.45) is -2.45. The largest absolute Gasteiger partial charge is 0.364 e. The maximum Gasteiger partial charge on any atom is 0.330 e. The Bertz CT molecular complexity index is 1150. The zero-order valence-corrected chi connectivity index (χ0v) is 15.1. The van der Waals surface area contributed by atoms with Gasteiger partial charge in [-0.05, 0) is 6.92 Å². The third-order valence-corrected chi connectivity index (χ3v) is 5.07. The summed E-state index contributed by atoms with van der Waals surface area (Å²) in [5.41, 5.74) is -1.32. The number of aliphatic hydroxyl groups excluding tert-OH is 1. The number of aliphatic hydroxyl groups is 1. The van der Waals surface area contributed by atoms with E-state index in [2.05, 4.69) is 0 Å². The molecule has 0 saturated heterocycles. The van der Waals surface area contributed by atoms with Gasteiger partial charge in [-0.3, -0.25) is 18.7 Å². The van der Waals surface area contributed by atoms with Crippen molar-refractivity contribution < 1.29 is 9.84 Å². The van der Waals surface area contributed by atoms with E-state index in [4.69, 9.17) is 4.74 Å². The van der Waals surface area contributed by atoms with Crippen LogP contribution in [0.5, 0.6) is 0 Å². The van der Waals surface area contributed by atoms with Gasteiger partial charge in [0, 0.05) is 46.0 Å². The Hall–Kier alpha value is -2.72. The summed E-state index contributed by atoms with van der Waals surface area (Å²) in [6, 6.07) is 0. The van der Waals surface area contributed by atoms with Crippen molar-refractivity contribution in [2.75, 3.05) is 0 Å². The number of rotatable bonds is 1. The number of nitrogens with zero attached hydrogens (tertiary/aromatic N) is 4. The smallest absolute Gasteiger partial charge is 0.330 e. The monoisotopic (exact) mass is 364 g/mol. The van der Waals surface area contributed by atoms with Gasteiger partial charge in [-0.2, -0.15) is 0 Å². The highest BCUT2D eigenvalue weighted by molar-refractivity contribution is 5.28. The van der Waals surface area contributed by atoms with Crippen molar-refractivity contribution in [1.82, 2.24) is 18.3 Å². The zero-order valence-electron chi connectivity index (χ0n) is 15.1. The normalized spacial score (nSPS) is 19.5. The highest BCUT2D eigenvalue weighted by Gasteiger charge is 2.35. The lowest BCUT2D eigenvalue weighted by atomic mass is 9.98. The van der Waals surface area contributed by atoms with E-state index in [1.54, 1.807) is 6.92 Å². The molecule has 0 bridgehead atoms. The van der Waals surface area contributed by atoms with Crippen molar-refractivity contribution in [3.63, 3.8) is 0 Å². The van der Waals surface area contributed by atoms with Gasteiger partial charge in [-0.1, -0.05) is 0 Å². The van der Waals surface area contributed by atoms with Crippen LogP contribution in [0.1, 0.15) is 34.9 Å². The van der Waals surface area contributed by atoms with Crippen LogP contribution in [-0.2, 0) is 39.3 Å². The molecule has 3 heterocycles. The predicted molar refractivity (Wildman–Crippen MR) is 91.1 cm³/mol. The van der Waals surface area contributed by atoms with Crippen LogP contribution in [0.15, 0.2) is 19.2 Å². The zero-order chi connectivity index (χ0) is 19.5. The van der Waals surface area contributed by atoms with E-state index >= 15 is 0 Å². The van der Waals surface area contributed by atoms with Crippen LogP contribution in [-0.4, -0.2) is 23.4 Å². The van der Waals surface area contributed by atoms with Crippen LogP contribution < -0.4 is 22.5 Å². The molecule has 10 nitrogen and oxygen atoms in total. The van der Waals surface area contributed by atoms with E-state index in [0.29, 0.717) is 11.4 Å². The van der Waals surface area contributed by atoms with Gasteiger partial charge in [-0.15, -0.1) is 0 Å². The topological polar surface area (TPSA) is 117 Å². The fraction of sp³-hybridized carbons (Fsp3) is 0.500. The molecular weight excluding hydrogens is 344 g/mol. The second kappa shape index (κ2) is 5.92. The SMILES string of the molecule is Cc1c(C2Cc3c(c(=O)n(C)c(=O)n3C)C(O)O2)c(=O)n(C)c(=O)n1C. The van der Waals surface area contributed by atoms with Crippen molar-refractivity contribution in [1.29, 1.82) is 0 Å². The Morgan fingerprint density at radius 1 is 0.846 bits per heavy atom. The molecule has 140 valence electrons. The standard InChI is InChI=1S/C16H20N4O6/c1-7-10(12(21)19(4)15(24)17(7)2)9-6-8-11(14(23)26-9)13(22)20(5)16(25)18(8)3/h9,14,23H,6H2,1-5H3. The van der Waals surface area contributed by atoms with E-state index in [-0.39, 0.29) is 17.5 Å². The minimum Gasteiger partial charge on any atom is -0.364 e. The second-order valence-corrected chi connectivity index (χ2v) is 6.45. The van der Waals surface area contributed by atoms with Crippen molar-refractivity contribution in [3.8, 4) is 0 Å². The molecule has 1 N–H and O–H groups in total. The summed E-state index contributed by atoms with van der Waals surface area (Å²) in [5.74, 6) is 0. The molecule has 0 saturated carbocycles. The number of ether oxygens (including phenoxy) is 1. The van der Waals surface area contributed by atoms with Gasteiger partial charge < -0.3 is 19.0 Å². The van der Waals surface area contributed by atoms with Crippen LogP contribution in [0.25, 0.3) is 0 Å². The molecule has 0 aromatic carbocycles. The molecule has 26 heavy (non-hydrogen) atoms. The van der Waals surface area contributed by atoms with Gasteiger partial charge in [0.25, 0.3) is 11.1 Å². The van der Waals surface area contributed by atoms with Crippen LogP contribution in [0.4, 0.5) is 0 Å². The summed E-state index contributed by atoms with van der Waals surface area (Å²) >= 11 is 0. The molecule has 2 aromatic heterocycles. The number of hydrogen-bond donors (Lipinski definition) is 1. The van der Waals surface area contributed by atoms with Gasteiger partial charge in [0.2, 0.25) is 0 Å².